The Balaban J connectivity index is 1.43. The van der Waals surface area contributed by atoms with E-state index in [2.05, 4.69) is 20.6 Å². The number of hydrogen-bond acceptors (Lipinski definition) is 8. The van der Waals surface area contributed by atoms with Crippen LogP contribution in [0.15, 0.2) is 71.7 Å². The molecule has 198 valence electrons. The van der Waals surface area contributed by atoms with Crippen LogP contribution in [0.3, 0.4) is 0 Å². The first-order valence-corrected chi connectivity index (χ1v) is 12.9. The molecule has 4 aromatic heterocycles. The van der Waals surface area contributed by atoms with Crippen LogP contribution in [0.2, 0.25) is 0 Å². The number of carbonyl (C=O) groups excluding carboxylic acids is 3. The van der Waals surface area contributed by atoms with Gasteiger partial charge in [-0.05, 0) is 42.5 Å². The summed E-state index contributed by atoms with van der Waals surface area (Å²) in [6.45, 7) is 1.77. The van der Waals surface area contributed by atoms with Crippen molar-refractivity contribution >= 4 is 51.7 Å². The van der Waals surface area contributed by atoms with Crippen LogP contribution in [0.25, 0.3) is 21.7 Å². The Morgan fingerprint density at radius 1 is 1.13 bits per heavy atom. The van der Waals surface area contributed by atoms with Crippen LogP contribution >= 0.6 is 11.3 Å². The molecular formula is C27H25N7O4S. The molecule has 0 saturated carbocycles. The Bertz CT molecular complexity index is 1630. The highest BCUT2D eigenvalue weighted by Gasteiger charge is 2.19. The lowest BCUT2D eigenvalue weighted by Gasteiger charge is -2.17. The second-order valence-corrected chi connectivity index (χ2v) is 9.76. The zero-order chi connectivity index (χ0) is 27.4. The SMILES string of the molecule is CC(=O)NCC(=O)N(C)c1ccc2c(c1)nc(NC(=O)c1ccc(-c3cnco3)s1)n2CCc1ccccn1. The number of aryl methyl sites for hydroxylation is 2. The molecule has 0 atom stereocenters. The van der Waals surface area contributed by atoms with Gasteiger partial charge in [0.25, 0.3) is 5.91 Å². The van der Waals surface area contributed by atoms with Gasteiger partial charge in [-0.3, -0.25) is 24.7 Å². The second kappa shape index (κ2) is 11.3. The van der Waals surface area contributed by atoms with E-state index >= 15 is 0 Å². The molecule has 3 amide bonds. The van der Waals surface area contributed by atoms with Crippen LogP contribution in [0.4, 0.5) is 11.6 Å². The van der Waals surface area contributed by atoms with Gasteiger partial charge in [0.15, 0.2) is 12.2 Å². The predicted molar refractivity (Wildman–Crippen MR) is 148 cm³/mol. The molecule has 0 radical (unpaired) electrons. The number of hydrogen-bond donors (Lipinski definition) is 2. The lowest BCUT2D eigenvalue weighted by Crippen LogP contribution is -2.37. The minimum atomic E-state index is -0.303. The van der Waals surface area contributed by atoms with Gasteiger partial charge in [0.05, 0.1) is 33.5 Å². The van der Waals surface area contributed by atoms with Gasteiger partial charge in [0.2, 0.25) is 17.8 Å². The second-order valence-electron chi connectivity index (χ2n) is 8.68. The lowest BCUT2D eigenvalue weighted by molar-refractivity contribution is -0.123. The van der Waals surface area contributed by atoms with Gasteiger partial charge in [-0.15, -0.1) is 11.3 Å². The van der Waals surface area contributed by atoms with E-state index in [4.69, 9.17) is 9.40 Å². The zero-order valence-electron chi connectivity index (χ0n) is 21.2. The van der Waals surface area contributed by atoms with Crippen molar-refractivity contribution in [1.29, 1.82) is 0 Å². The molecule has 0 saturated heterocycles. The number of nitrogens with one attached hydrogen (secondary N) is 2. The van der Waals surface area contributed by atoms with Gasteiger partial charge < -0.3 is 19.2 Å². The maximum Gasteiger partial charge on any atom is 0.268 e. The summed E-state index contributed by atoms with van der Waals surface area (Å²) in [6, 6.07) is 14.7. The number of likely N-dealkylation sites (N-methyl/N-ethyl adjacent to an activating group) is 1. The maximum atomic E-state index is 13.2. The molecule has 0 spiro atoms. The van der Waals surface area contributed by atoms with Gasteiger partial charge in [0.1, 0.15) is 0 Å². The minimum Gasteiger partial charge on any atom is -0.443 e. The molecule has 5 rings (SSSR count). The summed E-state index contributed by atoms with van der Waals surface area (Å²) in [7, 11) is 1.63. The van der Waals surface area contributed by atoms with Crippen molar-refractivity contribution in [2.24, 2.45) is 0 Å². The molecule has 2 N–H and O–H groups in total. The van der Waals surface area contributed by atoms with Crippen molar-refractivity contribution in [3.05, 3.63) is 77.9 Å². The van der Waals surface area contributed by atoms with Crippen LogP contribution in [-0.4, -0.2) is 50.8 Å². The monoisotopic (exact) mass is 543 g/mol. The molecule has 5 aromatic rings. The quantitative estimate of drug-likeness (QED) is 0.289. The normalized spacial score (nSPS) is 10.9. The van der Waals surface area contributed by atoms with Gasteiger partial charge in [-0.2, -0.15) is 0 Å². The number of anilines is 2. The van der Waals surface area contributed by atoms with Gasteiger partial charge in [-0.25, -0.2) is 9.97 Å². The molecule has 0 aliphatic heterocycles. The van der Waals surface area contributed by atoms with E-state index in [0.717, 1.165) is 16.1 Å². The van der Waals surface area contributed by atoms with Crippen LogP contribution < -0.4 is 15.5 Å². The molecular weight excluding hydrogens is 518 g/mol. The zero-order valence-corrected chi connectivity index (χ0v) is 22.1. The average Bonchev–Trinajstić information content (AvgIpc) is 3.70. The first-order chi connectivity index (χ1) is 18.9. The van der Waals surface area contributed by atoms with Crippen molar-refractivity contribution in [2.75, 3.05) is 23.8 Å². The van der Waals surface area contributed by atoms with Crippen LogP contribution in [0.5, 0.6) is 0 Å². The maximum absolute atomic E-state index is 13.2. The number of rotatable bonds is 9. The summed E-state index contributed by atoms with van der Waals surface area (Å²) in [5, 5.41) is 5.46. The molecule has 1 aromatic carbocycles. The molecule has 0 fully saturated rings. The molecule has 0 unspecified atom stereocenters. The molecule has 39 heavy (non-hydrogen) atoms. The fourth-order valence-electron chi connectivity index (χ4n) is 3.98. The largest absolute Gasteiger partial charge is 0.443 e. The summed E-state index contributed by atoms with van der Waals surface area (Å²) in [6.07, 6.45) is 5.31. The van der Waals surface area contributed by atoms with E-state index in [1.165, 1.54) is 29.6 Å². The number of aromatic nitrogens is 4. The number of carbonyl (C=O) groups is 3. The lowest BCUT2D eigenvalue weighted by atomic mass is 10.2. The van der Waals surface area contributed by atoms with E-state index in [-0.39, 0.29) is 24.3 Å². The summed E-state index contributed by atoms with van der Waals surface area (Å²) in [5.74, 6) is 0.116. The van der Waals surface area contributed by atoms with Gasteiger partial charge in [-0.1, -0.05) is 6.07 Å². The van der Waals surface area contributed by atoms with Gasteiger partial charge in [0, 0.05) is 44.5 Å². The van der Waals surface area contributed by atoms with E-state index < -0.39 is 0 Å². The highest BCUT2D eigenvalue weighted by molar-refractivity contribution is 7.17. The van der Waals surface area contributed by atoms with Crippen LogP contribution in [-0.2, 0) is 22.6 Å². The van der Waals surface area contributed by atoms with E-state index in [1.807, 2.05) is 41.0 Å². The number of pyridine rings is 1. The molecule has 11 nitrogen and oxygen atoms in total. The van der Waals surface area contributed by atoms with Gasteiger partial charge >= 0.3 is 0 Å². The van der Waals surface area contributed by atoms with Crippen LogP contribution in [0.1, 0.15) is 22.3 Å². The standard InChI is InChI=1S/C27H25N7O4S/c1-17(35)30-15-25(36)33(2)19-6-7-21-20(13-19)31-27(34(21)12-10-18-5-3-4-11-29-18)32-26(37)24-9-8-23(39-24)22-14-28-16-38-22/h3-9,11,13-14,16H,10,12,15H2,1-2H3,(H,30,35)(H,31,32,37). The number of fused-ring (bicyclic) bond motifs is 1. The first kappa shape index (κ1) is 25.8. The Labute approximate surface area is 227 Å². The average molecular weight is 544 g/mol. The fourth-order valence-corrected chi connectivity index (χ4v) is 4.83. The third kappa shape index (κ3) is 5.85. The topological polar surface area (TPSA) is 135 Å². The van der Waals surface area contributed by atoms with Crippen molar-refractivity contribution in [3.63, 3.8) is 0 Å². The Hall–Kier alpha value is -4.84. The highest BCUT2D eigenvalue weighted by Crippen LogP contribution is 2.29. The minimum absolute atomic E-state index is 0.111. The van der Waals surface area contributed by atoms with Crippen molar-refractivity contribution in [2.45, 2.75) is 19.9 Å². The number of thiophene rings is 1. The predicted octanol–water partition coefficient (Wildman–Crippen LogP) is 3.74. The van der Waals surface area contributed by atoms with Crippen molar-refractivity contribution in [1.82, 2.24) is 24.8 Å². The smallest absolute Gasteiger partial charge is 0.268 e. The number of imidazole rings is 1. The van der Waals surface area contributed by atoms with Crippen molar-refractivity contribution < 1.29 is 18.8 Å². The summed E-state index contributed by atoms with van der Waals surface area (Å²) < 4.78 is 7.26. The van der Waals surface area contributed by atoms with Crippen LogP contribution in [0, 0.1) is 0 Å². The molecule has 12 heteroatoms. The Morgan fingerprint density at radius 2 is 2.00 bits per heavy atom. The fraction of sp³-hybridized carbons (Fsp3) is 0.185. The molecule has 4 heterocycles. The van der Waals surface area contributed by atoms with E-state index in [0.29, 0.717) is 40.8 Å². The summed E-state index contributed by atoms with van der Waals surface area (Å²) in [5.41, 5.74) is 2.92. The number of benzene rings is 1. The first-order valence-electron chi connectivity index (χ1n) is 12.1. The number of oxazole rings is 1. The molecule has 0 aliphatic carbocycles. The summed E-state index contributed by atoms with van der Waals surface area (Å²) >= 11 is 1.29. The third-order valence-electron chi connectivity index (χ3n) is 6.03. The Morgan fingerprint density at radius 3 is 2.74 bits per heavy atom. The van der Waals surface area contributed by atoms with E-state index in [1.54, 1.807) is 31.6 Å². The molecule has 0 aliphatic rings. The van der Waals surface area contributed by atoms with Crippen molar-refractivity contribution in [3.8, 4) is 10.6 Å². The van der Waals surface area contributed by atoms with E-state index in [9.17, 15) is 14.4 Å². The molecule has 0 bridgehead atoms. The number of nitrogens with zero attached hydrogens (tertiary/aromatic N) is 5. The number of amides is 3. The third-order valence-corrected chi connectivity index (χ3v) is 7.13. The highest BCUT2D eigenvalue weighted by atomic mass is 32.1. The Kier molecular flexibility index (Phi) is 7.46. The summed E-state index contributed by atoms with van der Waals surface area (Å²) in [4.78, 5) is 52.7.